The molecule has 0 radical (unpaired) electrons. The highest BCUT2D eigenvalue weighted by Crippen LogP contribution is 2.02. The highest BCUT2D eigenvalue weighted by molar-refractivity contribution is 5.05. The SMILES string of the molecule is c1c[nH]c(CC2COCCN2)c1. The van der Waals surface area contributed by atoms with E-state index in [1.165, 1.54) is 5.69 Å². The molecule has 1 unspecified atom stereocenters. The first-order chi connectivity index (χ1) is 5.95. The lowest BCUT2D eigenvalue weighted by Crippen LogP contribution is -2.42. The Bertz CT molecular complexity index is 214. The number of ether oxygens (including phenoxy) is 1. The van der Waals surface area contributed by atoms with Gasteiger partial charge >= 0.3 is 0 Å². The second-order valence-corrected chi connectivity index (χ2v) is 3.13. The molecule has 0 aliphatic carbocycles. The highest BCUT2D eigenvalue weighted by atomic mass is 16.5. The van der Waals surface area contributed by atoms with Gasteiger partial charge in [-0.15, -0.1) is 0 Å². The number of hydrogen-bond donors (Lipinski definition) is 2. The fourth-order valence-corrected chi connectivity index (χ4v) is 1.51. The molecular weight excluding hydrogens is 152 g/mol. The predicted octanol–water partition coefficient (Wildman–Crippen LogP) is 0.546. The second kappa shape index (κ2) is 3.74. The topological polar surface area (TPSA) is 37.0 Å². The number of morpholine rings is 1. The monoisotopic (exact) mass is 166 g/mol. The molecule has 3 heteroatoms. The summed E-state index contributed by atoms with van der Waals surface area (Å²) in [6, 6.07) is 4.62. The lowest BCUT2D eigenvalue weighted by molar-refractivity contribution is 0.0767. The Kier molecular flexibility index (Phi) is 2.44. The molecule has 1 saturated heterocycles. The highest BCUT2D eigenvalue weighted by Gasteiger charge is 2.13. The van der Waals surface area contributed by atoms with Crippen LogP contribution in [-0.2, 0) is 11.2 Å². The minimum atomic E-state index is 0.484. The zero-order valence-corrected chi connectivity index (χ0v) is 7.05. The first-order valence-electron chi connectivity index (χ1n) is 4.38. The van der Waals surface area contributed by atoms with Gasteiger partial charge in [0, 0.05) is 30.9 Å². The van der Waals surface area contributed by atoms with Crippen molar-refractivity contribution in [2.75, 3.05) is 19.8 Å². The number of rotatable bonds is 2. The van der Waals surface area contributed by atoms with Crippen LogP contribution in [0.4, 0.5) is 0 Å². The van der Waals surface area contributed by atoms with Gasteiger partial charge < -0.3 is 15.0 Å². The summed E-state index contributed by atoms with van der Waals surface area (Å²) in [5, 5.41) is 3.41. The van der Waals surface area contributed by atoms with E-state index in [1.54, 1.807) is 0 Å². The number of hydrogen-bond acceptors (Lipinski definition) is 2. The molecule has 1 aliphatic heterocycles. The molecule has 0 spiro atoms. The molecule has 12 heavy (non-hydrogen) atoms. The molecule has 1 fully saturated rings. The van der Waals surface area contributed by atoms with Gasteiger partial charge in [-0.2, -0.15) is 0 Å². The Morgan fingerprint density at radius 1 is 1.58 bits per heavy atom. The fourth-order valence-electron chi connectivity index (χ4n) is 1.51. The van der Waals surface area contributed by atoms with Crippen molar-refractivity contribution in [1.82, 2.24) is 10.3 Å². The van der Waals surface area contributed by atoms with Gasteiger partial charge in [0.05, 0.1) is 13.2 Å². The summed E-state index contributed by atoms with van der Waals surface area (Å²) in [7, 11) is 0. The summed E-state index contributed by atoms with van der Waals surface area (Å²) in [6.45, 7) is 2.66. The van der Waals surface area contributed by atoms with Crippen LogP contribution in [0.3, 0.4) is 0 Å². The van der Waals surface area contributed by atoms with Crippen molar-refractivity contribution < 1.29 is 4.74 Å². The van der Waals surface area contributed by atoms with Crippen LogP contribution in [0.15, 0.2) is 18.3 Å². The molecule has 2 rings (SSSR count). The molecule has 1 aromatic rings. The molecule has 0 amide bonds. The number of aromatic nitrogens is 1. The van der Waals surface area contributed by atoms with E-state index in [0.29, 0.717) is 6.04 Å². The summed E-state index contributed by atoms with van der Waals surface area (Å²) < 4.78 is 5.35. The average molecular weight is 166 g/mol. The quantitative estimate of drug-likeness (QED) is 0.673. The van der Waals surface area contributed by atoms with E-state index in [2.05, 4.69) is 16.4 Å². The summed E-state index contributed by atoms with van der Waals surface area (Å²) in [4.78, 5) is 3.19. The van der Waals surface area contributed by atoms with Crippen molar-refractivity contribution >= 4 is 0 Å². The fraction of sp³-hybridized carbons (Fsp3) is 0.556. The van der Waals surface area contributed by atoms with E-state index in [1.807, 2.05) is 12.3 Å². The Morgan fingerprint density at radius 2 is 2.58 bits per heavy atom. The van der Waals surface area contributed by atoms with Crippen molar-refractivity contribution in [2.24, 2.45) is 0 Å². The molecule has 0 saturated carbocycles. The van der Waals surface area contributed by atoms with Crippen LogP contribution in [0.1, 0.15) is 5.69 Å². The van der Waals surface area contributed by atoms with Crippen LogP contribution < -0.4 is 5.32 Å². The van der Waals surface area contributed by atoms with Crippen LogP contribution in [0.2, 0.25) is 0 Å². The zero-order chi connectivity index (χ0) is 8.23. The molecule has 1 aliphatic rings. The van der Waals surface area contributed by atoms with E-state index < -0.39 is 0 Å². The van der Waals surface area contributed by atoms with Crippen molar-refractivity contribution in [3.05, 3.63) is 24.0 Å². The van der Waals surface area contributed by atoms with Gasteiger partial charge in [0.15, 0.2) is 0 Å². The van der Waals surface area contributed by atoms with Crippen LogP contribution in [0.25, 0.3) is 0 Å². The maximum atomic E-state index is 5.35. The first kappa shape index (κ1) is 7.83. The average Bonchev–Trinajstić information content (AvgIpc) is 2.59. The normalized spacial score (nSPS) is 24.2. The molecule has 0 bridgehead atoms. The lowest BCUT2D eigenvalue weighted by Gasteiger charge is -2.23. The van der Waals surface area contributed by atoms with Crippen molar-refractivity contribution in [3.63, 3.8) is 0 Å². The predicted molar refractivity (Wildman–Crippen MR) is 47.1 cm³/mol. The largest absolute Gasteiger partial charge is 0.379 e. The van der Waals surface area contributed by atoms with Gasteiger partial charge in [0.2, 0.25) is 0 Å². The number of aromatic amines is 1. The van der Waals surface area contributed by atoms with Gasteiger partial charge in [-0.1, -0.05) is 0 Å². The third-order valence-corrected chi connectivity index (χ3v) is 2.13. The molecule has 66 valence electrons. The van der Waals surface area contributed by atoms with Crippen LogP contribution in [0, 0.1) is 0 Å². The number of nitrogens with one attached hydrogen (secondary N) is 2. The first-order valence-corrected chi connectivity index (χ1v) is 4.38. The standard InChI is InChI=1S/C9H14N2O/c1-2-8(10-3-1)6-9-7-12-5-4-11-9/h1-3,9-11H,4-7H2. The minimum Gasteiger partial charge on any atom is -0.379 e. The molecule has 2 heterocycles. The molecular formula is C9H14N2O. The summed E-state index contributed by atoms with van der Waals surface area (Å²) >= 11 is 0. The Labute approximate surface area is 72.1 Å². The zero-order valence-electron chi connectivity index (χ0n) is 7.05. The maximum Gasteiger partial charge on any atom is 0.0624 e. The lowest BCUT2D eigenvalue weighted by atomic mass is 10.1. The van der Waals surface area contributed by atoms with Gasteiger partial charge in [-0.3, -0.25) is 0 Å². The van der Waals surface area contributed by atoms with E-state index in [0.717, 1.165) is 26.2 Å². The molecule has 1 aromatic heterocycles. The summed E-state index contributed by atoms with van der Waals surface area (Å²) in [6.07, 6.45) is 2.99. The van der Waals surface area contributed by atoms with E-state index >= 15 is 0 Å². The van der Waals surface area contributed by atoms with Crippen molar-refractivity contribution in [2.45, 2.75) is 12.5 Å². The van der Waals surface area contributed by atoms with Crippen LogP contribution >= 0.6 is 0 Å². The van der Waals surface area contributed by atoms with E-state index in [4.69, 9.17) is 4.74 Å². The van der Waals surface area contributed by atoms with Gasteiger partial charge in [-0.25, -0.2) is 0 Å². The molecule has 3 nitrogen and oxygen atoms in total. The third-order valence-electron chi connectivity index (χ3n) is 2.13. The molecule has 2 N–H and O–H groups in total. The van der Waals surface area contributed by atoms with E-state index in [9.17, 15) is 0 Å². The van der Waals surface area contributed by atoms with Crippen molar-refractivity contribution in [3.8, 4) is 0 Å². The third kappa shape index (κ3) is 1.87. The summed E-state index contributed by atoms with van der Waals surface area (Å²) in [5.41, 5.74) is 1.28. The number of H-pyrrole nitrogens is 1. The van der Waals surface area contributed by atoms with Crippen LogP contribution in [-0.4, -0.2) is 30.8 Å². The van der Waals surface area contributed by atoms with Crippen molar-refractivity contribution in [1.29, 1.82) is 0 Å². The maximum absolute atomic E-state index is 5.35. The second-order valence-electron chi connectivity index (χ2n) is 3.13. The molecule has 1 atom stereocenters. The Hall–Kier alpha value is -0.800. The Balaban J connectivity index is 1.86. The smallest absolute Gasteiger partial charge is 0.0624 e. The van der Waals surface area contributed by atoms with E-state index in [-0.39, 0.29) is 0 Å². The van der Waals surface area contributed by atoms with Gasteiger partial charge in [0.1, 0.15) is 0 Å². The Morgan fingerprint density at radius 3 is 3.25 bits per heavy atom. The van der Waals surface area contributed by atoms with Crippen LogP contribution in [0.5, 0.6) is 0 Å². The van der Waals surface area contributed by atoms with Gasteiger partial charge in [0.25, 0.3) is 0 Å². The molecule has 0 aromatic carbocycles. The van der Waals surface area contributed by atoms with Gasteiger partial charge in [-0.05, 0) is 12.1 Å². The minimum absolute atomic E-state index is 0.484. The summed E-state index contributed by atoms with van der Waals surface area (Å²) in [5.74, 6) is 0.